The van der Waals surface area contributed by atoms with E-state index in [4.69, 9.17) is 5.11 Å². The maximum Gasteiger partial charge on any atom is 0.322 e. The summed E-state index contributed by atoms with van der Waals surface area (Å²) in [5.41, 5.74) is 0. The summed E-state index contributed by atoms with van der Waals surface area (Å²) in [4.78, 5) is 22.8. The van der Waals surface area contributed by atoms with Gasteiger partial charge in [-0.3, -0.25) is 9.59 Å². The minimum atomic E-state index is -1.02. The molecular weight excluding hydrogens is 214 g/mol. The summed E-state index contributed by atoms with van der Waals surface area (Å²) in [6.07, 6.45) is 0.656. The first-order chi connectivity index (χ1) is 7.09. The zero-order valence-corrected chi connectivity index (χ0v) is 9.21. The van der Waals surface area contributed by atoms with Gasteiger partial charge in [-0.05, 0) is 17.9 Å². The van der Waals surface area contributed by atoms with Gasteiger partial charge in [-0.1, -0.05) is 13.0 Å². The number of amides is 1. The third-order valence-electron chi connectivity index (χ3n) is 1.95. The van der Waals surface area contributed by atoms with Crippen LogP contribution in [0.3, 0.4) is 0 Å². The van der Waals surface area contributed by atoms with Crippen molar-refractivity contribution >= 4 is 23.2 Å². The van der Waals surface area contributed by atoms with Crippen LogP contribution in [0.5, 0.6) is 0 Å². The molecule has 1 rings (SSSR count). The van der Waals surface area contributed by atoms with E-state index >= 15 is 0 Å². The molecule has 0 aliphatic rings. The van der Waals surface area contributed by atoms with Gasteiger partial charge in [0.15, 0.2) is 0 Å². The van der Waals surface area contributed by atoms with Crippen molar-refractivity contribution in [1.82, 2.24) is 5.32 Å². The van der Waals surface area contributed by atoms with Crippen LogP contribution in [-0.4, -0.2) is 23.5 Å². The van der Waals surface area contributed by atoms with Gasteiger partial charge >= 0.3 is 5.97 Å². The van der Waals surface area contributed by atoms with Crippen LogP contribution < -0.4 is 5.32 Å². The van der Waals surface area contributed by atoms with Crippen molar-refractivity contribution in [3.05, 3.63) is 22.4 Å². The molecule has 0 saturated heterocycles. The molecule has 0 saturated carbocycles. The molecule has 0 spiro atoms. The number of carboxylic acids is 1. The molecule has 82 valence electrons. The molecule has 0 aliphatic carbocycles. The van der Waals surface area contributed by atoms with Crippen LogP contribution in [0.4, 0.5) is 0 Å². The van der Waals surface area contributed by atoms with E-state index in [2.05, 4.69) is 5.32 Å². The molecule has 1 aromatic rings. The van der Waals surface area contributed by atoms with E-state index in [-0.39, 0.29) is 18.4 Å². The molecule has 1 atom stereocenters. The minimum Gasteiger partial charge on any atom is -0.480 e. The molecule has 2 N–H and O–H groups in total. The van der Waals surface area contributed by atoms with Gasteiger partial charge in [-0.15, -0.1) is 11.3 Å². The van der Waals surface area contributed by atoms with Crippen molar-refractivity contribution in [2.24, 2.45) is 5.92 Å². The second-order valence-corrected chi connectivity index (χ2v) is 4.33. The lowest BCUT2D eigenvalue weighted by Gasteiger charge is -2.09. The molecule has 0 aliphatic heterocycles. The smallest absolute Gasteiger partial charge is 0.322 e. The van der Waals surface area contributed by atoms with Crippen LogP contribution in [0, 0.1) is 5.92 Å². The molecule has 0 fully saturated rings. The van der Waals surface area contributed by atoms with E-state index in [9.17, 15) is 9.59 Å². The van der Waals surface area contributed by atoms with Crippen LogP contribution >= 0.6 is 11.3 Å². The zero-order chi connectivity index (χ0) is 11.3. The Bertz CT molecular complexity index is 334. The van der Waals surface area contributed by atoms with Crippen molar-refractivity contribution in [3.8, 4) is 0 Å². The predicted octanol–water partition coefficient (Wildman–Crippen LogP) is 1.13. The van der Waals surface area contributed by atoms with Crippen molar-refractivity contribution in [3.63, 3.8) is 0 Å². The summed E-state index contributed by atoms with van der Waals surface area (Å²) >= 11 is 1.60. The number of carbonyl (C=O) groups excluding carboxylic acids is 1. The number of rotatable bonds is 5. The Kier molecular flexibility index (Phi) is 4.30. The number of thiophene rings is 1. The fourth-order valence-electron chi connectivity index (χ4n) is 1.16. The van der Waals surface area contributed by atoms with Gasteiger partial charge in [0, 0.05) is 10.8 Å². The minimum absolute atomic E-state index is 0.192. The van der Waals surface area contributed by atoms with E-state index in [1.807, 2.05) is 17.5 Å². The molecular formula is C10H13NO3S. The summed E-state index contributed by atoms with van der Waals surface area (Å²) in [7, 11) is 0. The summed E-state index contributed by atoms with van der Waals surface area (Å²) < 4.78 is 0. The van der Waals surface area contributed by atoms with E-state index in [0.717, 1.165) is 4.88 Å². The molecule has 1 unspecified atom stereocenters. The normalized spacial score (nSPS) is 12.1. The van der Waals surface area contributed by atoms with Crippen LogP contribution in [0.1, 0.15) is 11.8 Å². The number of hydrogen-bond donors (Lipinski definition) is 2. The fraction of sp³-hybridized carbons (Fsp3) is 0.400. The Morgan fingerprint density at radius 1 is 1.60 bits per heavy atom. The summed E-state index contributed by atoms with van der Waals surface area (Å²) in [6, 6.07) is 3.90. The van der Waals surface area contributed by atoms with Gasteiger partial charge in [-0.25, -0.2) is 0 Å². The summed E-state index contributed by atoms with van der Waals surface area (Å²) in [6.45, 7) is 1.48. The van der Waals surface area contributed by atoms with E-state index in [1.165, 1.54) is 0 Å². The van der Waals surface area contributed by atoms with Gasteiger partial charge in [-0.2, -0.15) is 0 Å². The summed E-state index contributed by atoms with van der Waals surface area (Å²) in [5, 5.41) is 12.7. The monoisotopic (exact) mass is 227 g/mol. The predicted molar refractivity (Wildman–Crippen MR) is 57.8 cm³/mol. The average Bonchev–Trinajstić information content (AvgIpc) is 2.66. The highest BCUT2D eigenvalue weighted by Crippen LogP contribution is 2.14. The average molecular weight is 227 g/mol. The molecule has 15 heavy (non-hydrogen) atoms. The van der Waals surface area contributed by atoms with Gasteiger partial charge in [0.1, 0.15) is 6.54 Å². The molecule has 4 nitrogen and oxygen atoms in total. The van der Waals surface area contributed by atoms with Gasteiger partial charge < -0.3 is 10.4 Å². The lowest BCUT2D eigenvalue weighted by atomic mass is 10.1. The SMILES string of the molecule is CC(Cc1cccs1)C(=O)NCC(=O)O. The van der Waals surface area contributed by atoms with Crippen molar-refractivity contribution in [2.45, 2.75) is 13.3 Å². The number of aliphatic carboxylic acids is 1. The highest BCUT2D eigenvalue weighted by atomic mass is 32.1. The van der Waals surface area contributed by atoms with Gasteiger partial charge in [0.2, 0.25) is 5.91 Å². The van der Waals surface area contributed by atoms with Crippen LogP contribution in [0.2, 0.25) is 0 Å². The molecule has 1 heterocycles. The standard InChI is InChI=1S/C10H13NO3S/c1-7(5-8-3-2-4-15-8)10(14)11-6-9(12)13/h2-4,7H,5-6H2,1H3,(H,11,14)(H,12,13). The lowest BCUT2D eigenvalue weighted by molar-refractivity contribution is -0.138. The van der Waals surface area contributed by atoms with Crippen LogP contribution in [0.25, 0.3) is 0 Å². The Morgan fingerprint density at radius 3 is 2.87 bits per heavy atom. The van der Waals surface area contributed by atoms with Crippen molar-refractivity contribution < 1.29 is 14.7 Å². The first-order valence-electron chi connectivity index (χ1n) is 4.61. The van der Waals surface area contributed by atoms with Crippen LogP contribution in [0.15, 0.2) is 17.5 Å². The molecule has 0 aromatic carbocycles. The molecule has 0 bridgehead atoms. The second kappa shape index (κ2) is 5.50. The molecule has 1 amide bonds. The highest BCUT2D eigenvalue weighted by molar-refractivity contribution is 7.09. The topological polar surface area (TPSA) is 66.4 Å². The second-order valence-electron chi connectivity index (χ2n) is 3.30. The maximum absolute atomic E-state index is 11.4. The Labute approximate surface area is 91.9 Å². The van der Waals surface area contributed by atoms with Crippen LogP contribution in [-0.2, 0) is 16.0 Å². The third kappa shape index (κ3) is 4.12. The van der Waals surface area contributed by atoms with E-state index < -0.39 is 5.97 Å². The number of carbonyl (C=O) groups is 2. The lowest BCUT2D eigenvalue weighted by Crippen LogP contribution is -2.34. The molecule has 5 heteroatoms. The van der Waals surface area contributed by atoms with Crippen molar-refractivity contribution in [2.75, 3.05) is 6.54 Å². The first-order valence-corrected chi connectivity index (χ1v) is 5.49. The Morgan fingerprint density at radius 2 is 2.33 bits per heavy atom. The largest absolute Gasteiger partial charge is 0.480 e. The van der Waals surface area contributed by atoms with E-state index in [0.29, 0.717) is 6.42 Å². The third-order valence-corrected chi connectivity index (χ3v) is 2.85. The number of carboxylic acid groups (broad SMARTS) is 1. The summed E-state index contributed by atoms with van der Waals surface area (Å²) in [5.74, 6) is -1.43. The molecule has 0 radical (unpaired) electrons. The number of hydrogen-bond acceptors (Lipinski definition) is 3. The number of nitrogens with one attached hydrogen (secondary N) is 1. The van der Waals surface area contributed by atoms with Crippen molar-refractivity contribution in [1.29, 1.82) is 0 Å². The maximum atomic E-state index is 11.4. The quantitative estimate of drug-likeness (QED) is 0.792. The molecule has 1 aromatic heterocycles. The fourth-order valence-corrected chi connectivity index (χ4v) is 2.00. The highest BCUT2D eigenvalue weighted by Gasteiger charge is 2.14. The van der Waals surface area contributed by atoms with E-state index in [1.54, 1.807) is 18.3 Å². The zero-order valence-electron chi connectivity index (χ0n) is 8.40. The Hall–Kier alpha value is -1.36. The Balaban J connectivity index is 2.36. The van der Waals surface area contributed by atoms with Gasteiger partial charge in [0.25, 0.3) is 0 Å². The first kappa shape index (κ1) is 11.7. The van der Waals surface area contributed by atoms with Gasteiger partial charge in [0.05, 0.1) is 0 Å².